The number of rotatable bonds is 4. The summed E-state index contributed by atoms with van der Waals surface area (Å²) in [6.45, 7) is 7.51. The zero-order valence-corrected chi connectivity index (χ0v) is 12.5. The van der Waals surface area contributed by atoms with Crippen LogP contribution in [0.25, 0.3) is 0 Å². The molecule has 1 aromatic carbocycles. The fourth-order valence-electron chi connectivity index (χ4n) is 1.28. The number of carbonyl (C=O) groups excluding carboxylic acids is 1. The Kier molecular flexibility index (Phi) is 5.31. The number of carbonyl (C=O) groups is 1. The first-order chi connectivity index (χ1) is 8.82. The van der Waals surface area contributed by atoms with Gasteiger partial charge in [0.2, 0.25) is 0 Å². The van der Waals surface area contributed by atoms with Crippen molar-refractivity contribution in [1.29, 1.82) is 0 Å². The Morgan fingerprint density at radius 3 is 2.42 bits per heavy atom. The molecule has 4 heteroatoms. The lowest BCUT2D eigenvalue weighted by Gasteiger charge is -2.18. The molecule has 19 heavy (non-hydrogen) atoms. The van der Waals surface area contributed by atoms with Gasteiger partial charge in [0.15, 0.2) is 0 Å². The molecular formula is C15H19NO2S. The van der Waals surface area contributed by atoms with E-state index < -0.39 is 5.54 Å². The van der Waals surface area contributed by atoms with Gasteiger partial charge in [-0.05, 0) is 63.7 Å². The van der Waals surface area contributed by atoms with Crippen LogP contribution in [0.1, 0.15) is 27.7 Å². The van der Waals surface area contributed by atoms with Crippen molar-refractivity contribution in [2.75, 3.05) is 0 Å². The predicted octanol–water partition coefficient (Wildman–Crippen LogP) is 3.69. The minimum atomic E-state index is -0.634. The molecule has 0 heterocycles. The quantitative estimate of drug-likeness (QED) is 0.674. The van der Waals surface area contributed by atoms with Gasteiger partial charge in [-0.2, -0.15) is 0 Å². The molecule has 0 aliphatic heterocycles. The van der Waals surface area contributed by atoms with Gasteiger partial charge < -0.3 is 10.1 Å². The Morgan fingerprint density at radius 1 is 1.37 bits per heavy atom. The van der Waals surface area contributed by atoms with Crippen LogP contribution in [0.5, 0.6) is 5.75 Å². The molecule has 0 spiro atoms. The molecule has 0 unspecified atom stereocenters. The number of nitrogens with one attached hydrogen (secondary N) is 1. The Morgan fingerprint density at radius 2 is 1.95 bits per heavy atom. The minimum Gasteiger partial charge on any atom is -0.491 e. The zero-order chi connectivity index (χ0) is 14.5. The van der Waals surface area contributed by atoms with E-state index in [1.165, 1.54) is 0 Å². The maximum Gasteiger partial charge on any atom is 0.285 e. The number of hydrogen-bond acceptors (Lipinski definition) is 3. The van der Waals surface area contributed by atoms with Crippen LogP contribution in [-0.2, 0) is 0 Å². The van der Waals surface area contributed by atoms with Crippen LogP contribution < -0.4 is 10.1 Å². The Bertz CT molecular complexity index is 472. The van der Waals surface area contributed by atoms with Gasteiger partial charge in [-0.15, -0.1) is 6.42 Å². The molecule has 1 N–H and O–H groups in total. The first kappa shape index (κ1) is 15.5. The molecule has 0 saturated heterocycles. The number of thioether (sulfide) groups is 1. The molecule has 1 amide bonds. The SMILES string of the molecule is C#CC(C)(C)NC(=O)Sc1ccc(OC(C)C)cc1. The second-order valence-electron chi connectivity index (χ2n) is 4.92. The third kappa shape index (κ3) is 5.71. The summed E-state index contributed by atoms with van der Waals surface area (Å²) in [5.41, 5.74) is -0.634. The highest BCUT2D eigenvalue weighted by atomic mass is 32.2. The van der Waals surface area contributed by atoms with Crippen molar-refractivity contribution in [2.24, 2.45) is 0 Å². The smallest absolute Gasteiger partial charge is 0.285 e. The van der Waals surface area contributed by atoms with Gasteiger partial charge in [0.1, 0.15) is 5.75 Å². The van der Waals surface area contributed by atoms with Gasteiger partial charge in [-0.3, -0.25) is 4.79 Å². The highest BCUT2D eigenvalue weighted by Gasteiger charge is 2.17. The standard InChI is InChI=1S/C15H19NO2S/c1-6-15(4,5)16-14(17)19-13-9-7-12(8-10-13)18-11(2)3/h1,7-11H,2-5H3,(H,16,17). The normalized spacial score (nSPS) is 10.9. The monoisotopic (exact) mass is 277 g/mol. The van der Waals surface area contributed by atoms with E-state index in [1.807, 2.05) is 38.1 Å². The van der Waals surface area contributed by atoms with E-state index in [0.717, 1.165) is 22.4 Å². The molecule has 0 fully saturated rings. The molecule has 0 radical (unpaired) electrons. The zero-order valence-electron chi connectivity index (χ0n) is 11.7. The van der Waals surface area contributed by atoms with Crippen molar-refractivity contribution < 1.29 is 9.53 Å². The molecule has 0 aliphatic rings. The molecule has 0 atom stereocenters. The molecule has 1 rings (SSSR count). The summed E-state index contributed by atoms with van der Waals surface area (Å²) < 4.78 is 5.54. The van der Waals surface area contributed by atoms with E-state index in [-0.39, 0.29) is 11.3 Å². The van der Waals surface area contributed by atoms with Crippen molar-refractivity contribution in [3.05, 3.63) is 24.3 Å². The molecule has 0 aromatic heterocycles. The molecular weight excluding hydrogens is 258 g/mol. The van der Waals surface area contributed by atoms with E-state index in [2.05, 4.69) is 11.2 Å². The van der Waals surface area contributed by atoms with Crippen LogP contribution in [0.4, 0.5) is 4.79 Å². The average molecular weight is 277 g/mol. The summed E-state index contributed by atoms with van der Waals surface area (Å²) in [5, 5.41) is 2.59. The summed E-state index contributed by atoms with van der Waals surface area (Å²) in [6, 6.07) is 7.40. The lowest BCUT2D eigenvalue weighted by atomic mass is 10.1. The van der Waals surface area contributed by atoms with Crippen molar-refractivity contribution >= 4 is 17.0 Å². The molecule has 3 nitrogen and oxygen atoms in total. The number of terminal acetylenes is 1. The van der Waals surface area contributed by atoms with Gasteiger partial charge in [0.25, 0.3) is 5.24 Å². The summed E-state index contributed by atoms with van der Waals surface area (Å²) in [5.74, 6) is 3.32. The van der Waals surface area contributed by atoms with Crippen LogP contribution in [0.2, 0.25) is 0 Å². The maximum atomic E-state index is 11.8. The number of ether oxygens (including phenoxy) is 1. The first-order valence-electron chi connectivity index (χ1n) is 6.07. The largest absolute Gasteiger partial charge is 0.491 e. The predicted molar refractivity (Wildman–Crippen MR) is 79.5 cm³/mol. The van der Waals surface area contributed by atoms with Gasteiger partial charge in [-0.25, -0.2) is 0 Å². The first-order valence-corrected chi connectivity index (χ1v) is 6.88. The molecule has 102 valence electrons. The molecule has 1 aromatic rings. The van der Waals surface area contributed by atoms with E-state index >= 15 is 0 Å². The third-order valence-corrected chi connectivity index (χ3v) is 2.98. The van der Waals surface area contributed by atoms with Crippen LogP contribution in [-0.4, -0.2) is 16.9 Å². The summed E-state index contributed by atoms with van der Waals surface area (Å²) in [7, 11) is 0. The Hall–Kier alpha value is -1.60. The van der Waals surface area contributed by atoms with Crippen LogP contribution in [0.3, 0.4) is 0 Å². The van der Waals surface area contributed by atoms with Crippen LogP contribution in [0.15, 0.2) is 29.2 Å². The number of amides is 1. The fraction of sp³-hybridized carbons (Fsp3) is 0.400. The van der Waals surface area contributed by atoms with E-state index in [4.69, 9.17) is 11.2 Å². The van der Waals surface area contributed by atoms with Gasteiger partial charge >= 0.3 is 0 Å². The average Bonchev–Trinajstić information content (AvgIpc) is 2.30. The number of hydrogen-bond donors (Lipinski definition) is 1. The van der Waals surface area contributed by atoms with E-state index in [9.17, 15) is 4.79 Å². The lowest BCUT2D eigenvalue weighted by molar-refractivity contribution is 0.242. The van der Waals surface area contributed by atoms with Gasteiger partial charge in [0, 0.05) is 4.90 Å². The van der Waals surface area contributed by atoms with Crippen molar-refractivity contribution in [1.82, 2.24) is 5.32 Å². The second kappa shape index (κ2) is 6.53. The van der Waals surface area contributed by atoms with Crippen molar-refractivity contribution in [3.8, 4) is 18.1 Å². The van der Waals surface area contributed by atoms with E-state index in [1.54, 1.807) is 13.8 Å². The Labute approximate surface area is 119 Å². The summed E-state index contributed by atoms with van der Waals surface area (Å²) in [4.78, 5) is 12.6. The molecule has 0 saturated carbocycles. The second-order valence-corrected chi connectivity index (χ2v) is 5.97. The fourth-order valence-corrected chi connectivity index (χ4v) is 2.07. The molecule has 0 bridgehead atoms. The highest BCUT2D eigenvalue weighted by Crippen LogP contribution is 2.23. The third-order valence-electron chi connectivity index (χ3n) is 2.18. The topological polar surface area (TPSA) is 38.3 Å². The van der Waals surface area contributed by atoms with Crippen molar-refractivity contribution in [3.63, 3.8) is 0 Å². The van der Waals surface area contributed by atoms with Crippen LogP contribution >= 0.6 is 11.8 Å². The Balaban J connectivity index is 2.59. The maximum absolute atomic E-state index is 11.8. The minimum absolute atomic E-state index is 0.137. The lowest BCUT2D eigenvalue weighted by Crippen LogP contribution is -2.39. The van der Waals surface area contributed by atoms with Crippen LogP contribution in [0, 0.1) is 12.3 Å². The van der Waals surface area contributed by atoms with Crippen molar-refractivity contribution in [2.45, 2.75) is 44.2 Å². The summed E-state index contributed by atoms with van der Waals surface area (Å²) in [6.07, 6.45) is 5.46. The number of benzene rings is 1. The van der Waals surface area contributed by atoms with E-state index in [0.29, 0.717) is 0 Å². The van der Waals surface area contributed by atoms with Gasteiger partial charge in [0.05, 0.1) is 11.6 Å². The molecule has 0 aliphatic carbocycles. The highest BCUT2D eigenvalue weighted by molar-refractivity contribution is 8.13. The summed E-state index contributed by atoms with van der Waals surface area (Å²) >= 11 is 1.11. The van der Waals surface area contributed by atoms with Gasteiger partial charge in [-0.1, -0.05) is 5.92 Å².